The number of aromatic amines is 1. The SMILES string of the molecule is CC(CNCCc1ccc2[nH]c(=O)oc2c1)C(=O)O. The van der Waals surface area contributed by atoms with Crippen molar-refractivity contribution in [3.8, 4) is 0 Å². The van der Waals surface area contributed by atoms with Gasteiger partial charge in [-0.15, -0.1) is 0 Å². The molecule has 6 heteroatoms. The molecule has 1 unspecified atom stereocenters. The average Bonchev–Trinajstić information content (AvgIpc) is 2.73. The summed E-state index contributed by atoms with van der Waals surface area (Å²) in [5.41, 5.74) is 2.26. The van der Waals surface area contributed by atoms with Gasteiger partial charge in [0.15, 0.2) is 5.58 Å². The van der Waals surface area contributed by atoms with E-state index in [-0.39, 0.29) is 0 Å². The van der Waals surface area contributed by atoms with Crippen LogP contribution in [0.2, 0.25) is 0 Å². The van der Waals surface area contributed by atoms with Gasteiger partial charge in [0.25, 0.3) is 0 Å². The number of benzene rings is 1. The Bertz CT molecular complexity index is 629. The highest BCUT2D eigenvalue weighted by molar-refractivity contribution is 5.72. The Morgan fingerprint density at radius 2 is 2.32 bits per heavy atom. The number of carboxylic acid groups (broad SMARTS) is 1. The van der Waals surface area contributed by atoms with Crippen molar-refractivity contribution in [2.75, 3.05) is 13.1 Å². The standard InChI is InChI=1S/C13H16N2O4/c1-8(12(16)17)7-14-5-4-9-2-3-10-11(6-9)19-13(18)15-10/h2-3,6,8,14H,4-5,7H2,1H3,(H,15,18)(H,16,17). The molecule has 19 heavy (non-hydrogen) atoms. The summed E-state index contributed by atoms with van der Waals surface area (Å²) in [5, 5.41) is 11.8. The summed E-state index contributed by atoms with van der Waals surface area (Å²) in [6, 6.07) is 5.53. The van der Waals surface area contributed by atoms with E-state index >= 15 is 0 Å². The monoisotopic (exact) mass is 264 g/mol. The van der Waals surface area contributed by atoms with Gasteiger partial charge in [0.05, 0.1) is 11.4 Å². The molecule has 2 aromatic rings. The van der Waals surface area contributed by atoms with E-state index in [1.807, 2.05) is 12.1 Å². The number of rotatable bonds is 6. The summed E-state index contributed by atoms with van der Waals surface area (Å²) in [5.74, 6) is -1.66. The molecule has 1 atom stereocenters. The number of aromatic nitrogens is 1. The predicted octanol–water partition coefficient (Wildman–Crippen LogP) is 0.974. The van der Waals surface area contributed by atoms with E-state index in [4.69, 9.17) is 9.52 Å². The number of hydrogen-bond acceptors (Lipinski definition) is 4. The zero-order valence-corrected chi connectivity index (χ0v) is 10.6. The molecule has 0 fully saturated rings. The second-order valence-electron chi connectivity index (χ2n) is 4.54. The molecule has 1 aromatic carbocycles. The Morgan fingerprint density at radius 3 is 3.05 bits per heavy atom. The molecule has 2 rings (SSSR count). The van der Waals surface area contributed by atoms with E-state index in [0.717, 1.165) is 12.0 Å². The highest BCUT2D eigenvalue weighted by atomic mass is 16.4. The highest BCUT2D eigenvalue weighted by Crippen LogP contribution is 2.12. The van der Waals surface area contributed by atoms with Crippen molar-refractivity contribution in [3.05, 3.63) is 34.3 Å². The summed E-state index contributed by atoms with van der Waals surface area (Å²) >= 11 is 0. The van der Waals surface area contributed by atoms with Gasteiger partial charge in [-0.1, -0.05) is 13.0 Å². The van der Waals surface area contributed by atoms with Gasteiger partial charge in [0, 0.05) is 6.54 Å². The second kappa shape index (κ2) is 5.71. The minimum atomic E-state index is -0.803. The van der Waals surface area contributed by atoms with E-state index in [2.05, 4.69) is 10.3 Å². The van der Waals surface area contributed by atoms with E-state index in [9.17, 15) is 9.59 Å². The number of aliphatic carboxylic acids is 1. The number of carbonyl (C=O) groups is 1. The van der Waals surface area contributed by atoms with Crippen LogP contribution in [0.1, 0.15) is 12.5 Å². The molecule has 0 aliphatic rings. The second-order valence-corrected chi connectivity index (χ2v) is 4.54. The largest absolute Gasteiger partial charge is 0.481 e. The third-order valence-corrected chi connectivity index (χ3v) is 2.95. The molecule has 0 spiro atoms. The van der Waals surface area contributed by atoms with Crippen LogP contribution in [0, 0.1) is 5.92 Å². The van der Waals surface area contributed by atoms with Crippen LogP contribution in [-0.4, -0.2) is 29.1 Å². The maximum absolute atomic E-state index is 11.0. The highest BCUT2D eigenvalue weighted by Gasteiger charge is 2.09. The van der Waals surface area contributed by atoms with E-state index in [1.165, 1.54) is 0 Å². The lowest BCUT2D eigenvalue weighted by Crippen LogP contribution is -2.27. The summed E-state index contributed by atoms with van der Waals surface area (Å²) in [6.07, 6.45) is 0.747. The number of nitrogens with one attached hydrogen (secondary N) is 2. The number of H-pyrrole nitrogens is 1. The van der Waals surface area contributed by atoms with Gasteiger partial charge in [-0.25, -0.2) is 4.79 Å². The molecule has 0 saturated heterocycles. The fourth-order valence-electron chi connectivity index (χ4n) is 1.78. The molecule has 0 aliphatic heterocycles. The van der Waals surface area contributed by atoms with Crippen molar-refractivity contribution in [3.63, 3.8) is 0 Å². The van der Waals surface area contributed by atoms with Gasteiger partial charge < -0.3 is 14.8 Å². The van der Waals surface area contributed by atoms with E-state index in [0.29, 0.717) is 24.2 Å². The van der Waals surface area contributed by atoms with Crippen LogP contribution >= 0.6 is 0 Å². The lowest BCUT2D eigenvalue weighted by Gasteiger charge is -2.08. The average molecular weight is 264 g/mol. The van der Waals surface area contributed by atoms with Crippen molar-refractivity contribution in [1.29, 1.82) is 0 Å². The zero-order chi connectivity index (χ0) is 13.8. The molecular weight excluding hydrogens is 248 g/mol. The Hall–Kier alpha value is -2.08. The first-order chi connectivity index (χ1) is 9.06. The number of fused-ring (bicyclic) bond motifs is 1. The van der Waals surface area contributed by atoms with Crippen molar-refractivity contribution in [2.24, 2.45) is 5.92 Å². The maximum atomic E-state index is 11.0. The molecule has 0 amide bonds. The number of carboxylic acids is 1. The van der Waals surface area contributed by atoms with Crippen LogP contribution in [0.25, 0.3) is 11.1 Å². The van der Waals surface area contributed by atoms with Crippen molar-refractivity contribution in [2.45, 2.75) is 13.3 Å². The lowest BCUT2D eigenvalue weighted by molar-refractivity contribution is -0.140. The molecule has 6 nitrogen and oxygen atoms in total. The van der Waals surface area contributed by atoms with Crippen LogP contribution in [0.3, 0.4) is 0 Å². The van der Waals surface area contributed by atoms with Crippen LogP contribution < -0.4 is 11.1 Å². The van der Waals surface area contributed by atoms with Crippen LogP contribution in [0.5, 0.6) is 0 Å². The first-order valence-electron chi connectivity index (χ1n) is 6.11. The van der Waals surface area contributed by atoms with Gasteiger partial charge >= 0.3 is 11.7 Å². The topological polar surface area (TPSA) is 95.3 Å². The molecule has 0 bridgehead atoms. The van der Waals surface area contributed by atoms with Crippen LogP contribution in [0.15, 0.2) is 27.4 Å². The lowest BCUT2D eigenvalue weighted by atomic mass is 10.1. The van der Waals surface area contributed by atoms with Crippen LogP contribution in [0.4, 0.5) is 0 Å². The van der Waals surface area contributed by atoms with Gasteiger partial charge in [-0.05, 0) is 30.7 Å². The minimum Gasteiger partial charge on any atom is -0.481 e. The third kappa shape index (κ3) is 3.45. The first kappa shape index (κ1) is 13.4. The molecule has 1 heterocycles. The predicted molar refractivity (Wildman–Crippen MR) is 70.2 cm³/mol. The van der Waals surface area contributed by atoms with Crippen molar-refractivity contribution < 1.29 is 14.3 Å². The molecule has 1 aromatic heterocycles. The van der Waals surface area contributed by atoms with Crippen molar-refractivity contribution >= 4 is 17.1 Å². The Labute approximate surface area is 109 Å². The van der Waals surface area contributed by atoms with Crippen molar-refractivity contribution in [1.82, 2.24) is 10.3 Å². The quantitative estimate of drug-likeness (QED) is 0.676. The zero-order valence-electron chi connectivity index (χ0n) is 10.6. The van der Waals surface area contributed by atoms with Gasteiger partial charge in [0.2, 0.25) is 0 Å². The number of hydrogen-bond donors (Lipinski definition) is 3. The number of oxazole rings is 1. The fourth-order valence-corrected chi connectivity index (χ4v) is 1.78. The van der Waals surface area contributed by atoms with Gasteiger partial charge in [0.1, 0.15) is 0 Å². The summed E-state index contributed by atoms with van der Waals surface area (Å²) in [7, 11) is 0. The normalized spacial score (nSPS) is 12.7. The van der Waals surface area contributed by atoms with E-state index in [1.54, 1.807) is 13.0 Å². The fraction of sp³-hybridized carbons (Fsp3) is 0.385. The molecule has 0 radical (unpaired) electrons. The minimum absolute atomic E-state index is 0.398. The van der Waals surface area contributed by atoms with E-state index < -0.39 is 17.6 Å². The first-order valence-corrected chi connectivity index (χ1v) is 6.11. The summed E-state index contributed by atoms with van der Waals surface area (Å²) in [6.45, 7) is 2.78. The van der Waals surface area contributed by atoms with Gasteiger partial charge in [-0.2, -0.15) is 0 Å². The Kier molecular flexibility index (Phi) is 4.01. The molecular formula is C13H16N2O4. The summed E-state index contributed by atoms with van der Waals surface area (Å²) in [4.78, 5) is 24.2. The third-order valence-electron chi connectivity index (χ3n) is 2.95. The Morgan fingerprint density at radius 1 is 1.53 bits per heavy atom. The molecule has 0 saturated carbocycles. The smallest absolute Gasteiger partial charge is 0.417 e. The molecule has 0 aliphatic carbocycles. The molecule has 102 valence electrons. The maximum Gasteiger partial charge on any atom is 0.417 e. The van der Waals surface area contributed by atoms with Gasteiger partial charge in [-0.3, -0.25) is 9.78 Å². The Balaban J connectivity index is 1.88. The summed E-state index contributed by atoms with van der Waals surface area (Å²) < 4.78 is 4.98. The molecule has 3 N–H and O–H groups in total. The van der Waals surface area contributed by atoms with Crippen LogP contribution in [-0.2, 0) is 11.2 Å².